The molecule has 30 heavy (non-hydrogen) atoms. The van der Waals surface area contributed by atoms with Crippen molar-refractivity contribution in [1.82, 2.24) is 19.1 Å². The maximum Gasteiger partial charge on any atom is 0.352 e. The number of nitrogens with zero attached hydrogens (tertiary/aromatic N) is 4. The molecule has 1 aromatic carbocycles. The first kappa shape index (κ1) is 19.4. The quantitative estimate of drug-likeness (QED) is 0.480. The third-order valence-electron chi connectivity index (χ3n) is 4.99. The van der Waals surface area contributed by atoms with Crippen LogP contribution in [0.15, 0.2) is 70.5 Å². The first-order chi connectivity index (χ1) is 14.4. The van der Waals surface area contributed by atoms with Crippen LogP contribution in [0.3, 0.4) is 0 Å². The number of aryl methyl sites for hydroxylation is 2. The SMILES string of the molecule is Cc1ccc(C(=O)Cn2cccc3c(=O)n(Cc4ccccn4)c(=O)nc2-3)c(C)c1. The maximum absolute atomic E-state index is 13.0. The van der Waals surface area contributed by atoms with E-state index in [4.69, 9.17) is 0 Å². The summed E-state index contributed by atoms with van der Waals surface area (Å²) in [7, 11) is 0. The van der Waals surface area contributed by atoms with E-state index in [0.29, 0.717) is 11.3 Å². The highest BCUT2D eigenvalue weighted by atomic mass is 16.2. The van der Waals surface area contributed by atoms with Crippen molar-refractivity contribution in [1.29, 1.82) is 0 Å². The van der Waals surface area contributed by atoms with Crippen LogP contribution in [0, 0.1) is 13.8 Å². The zero-order chi connectivity index (χ0) is 21.3. The Labute approximate surface area is 172 Å². The molecule has 0 aliphatic carbocycles. The molecule has 1 aromatic heterocycles. The Morgan fingerprint density at radius 3 is 2.60 bits per heavy atom. The highest BCUT2D eigenvalue weighted by Gasteiger charge is 2.19. The third-order valence-corrected chi connectivity index (χ3v) is 4.99. The molecule has 150 valence electrons. The van der Waals surface area contributed by atoms with Crippen LogP contribution in [0.2, 0.25) is 0 Å². The van der Waals surface area contributed by atoms with Crippen molar-refractivity contribution in [3.8, 4) is 11.4 Å². The lowest BCUT2D eigenvalue weighted by molar-refractivity contribution is 0.0971. The number of fused-ring (bicyclic) bond motifs is 1. The Kier molecular flexibility index (Phi) is 5.10. The van der Waals surface area contributed by atoms with Crippen molar-refractivity contribution in [3.05, 3.63) is 104 Å². The minimum Gasteiger partial charge on any atom is -0.324 e. The normalized spacial score (nSPS) is 11.0. The van der Waals surface area contributed by atoms with E-state index in [1.54, 1.807) is 53.4 Å². The minimum absolute atomic E-state index is 0.0165. The second-order valence-electron chi connectivity index (χ2n) is 7.22. The molecule has 0 atom stereocenters. The van der Waals surface area contributed by atoms with Gasteiger partial charge < -0.3 is 4.57 Å². The van der Waals surface area contributed by atoms with Gasteiger partial charge in [0.25, 0.3) is 5.56 Å². The summed E-state index contributed by atoms with van der Waals surface area (Å²) in [6, 6.07) is 14.2. The van der Waals surface area contributed by atoms with Gasteiger partial charge in [0.15, 0.2) is 11.6 Å². The number of carbonyl (C=O) groups is 1. The van der Waals surface area contributed by atoms with Crippen LogP contribution in [0.1, 0.15) is 27.2 Å². The van der Waals surface area contributed by atoms with Crippen LogP contribution in [0.4, 0.5) is 0 Å². The summed E-state index contributed by atoms with van der Waals surface area (Å²) in [4.78, 5) is 46.7. The van der Waals surface area contributed by atoms with Gasteiger partial charge in [-0.3, -0.25) is 19.1 Å². The van der Waals surface area contributed by atoms with Crippen molar-refractivity contribution in [3.63, 3.8) is 0 Å². The van der Waals surface area contributed by atoms with Crippen LogP contribution < -0.4 is 11.2 Å². The van der Waals surface area contributed by atoms with E-state index in [9.17, 15) is 14.4 Å². The van der Waals surface area contributed by atoms with Crippen molar-refractivity contribution in [2.24, 2.45) is 0 Å². The third kappa shape index (κ3) is 3.69. The summed E-state index contributed by atoms with van der Waals surface area (Å²) in [6.45, 7) is 3.88. The Bertz CT molecular complexity index is 1320. The van der Waals surface area contributed by atoms with Crippen LogP contribution in [0.5, 0.6) is 0 Å². The van der Waals surface area contributed by atoms with E-state index < -0.39 is 11.2 Å². The lowest BCUT2D eigenvalue weighted by Crippen LogP contribution is -2.38. The van der Waals surface area contributed by atoms with Gasteiger partial charge in [0.2, 0.25) is 0 Å². The fraction of sp³-hybridized carbons (Fsp3) is 0.174. The van der Waals surface area contributed by atoms with Crippen molar-refractivity contribution >= 4 is 5.78 Å². The zero-order valence-electron chi connectivity index (χ0n) is 16.7. The van der Waals surface area contributed by atoms with Crippen molar-refractivity contribution < 1.29 is 4.79 Å². The average molecular weight is 400 g/mol. The first-order valence-electron chi connectivity index (χ1n) is 9.54. The second-order valence-corrected chi connectivity index (χ2v) is 7.22. The van der Waals surface area contributed by atoms with Crippen LogP contribution in [-0.2, 0) is 13.1 Å². The molecule has 0 bridgehead atoms. The van der Waals surface area contributed by atoms with E-state index in [1.807, 2.05) is 26.0 Å². The van der Waals surface area contributed by atoms with E-state index in [1.165, 1.54) is 0 Å². The molecule has 2 aromatic rings. The Morgan fingerprint density at radius 2 is 1.87 bits per heavy atom. The molecule has 2 aliphatic rings. The van der Waals surface area contributed by atoms with Crippen LogP contribution >= 0.6 is 0 Å². The summed E-state index contributed by atoms with van der Waals surface area (Å²) < 4.78 is 2.60. The number of ketones is 1. The van der Waals surface area contributed by atoms with Crippen LogP contribution in [-0.4, -0.2) is 24.9 Å². The van der Waals surface area contributed by atoms with Gasteiger partial charge >= 0.3 is 5.69 Å². The van der Waals surface area contributed by atoms with E-state index in [-0.39, 0.29) is 30.3 Å². The minimum atomic E-state index is -0.669. The molecular formula is C23H20N4O3. The molecule has 0 saturated heterocycles. The van der Waals surface area contributed by atoms with Gasteiger partial charge in [-0.1, -0.05) is 29.8 Å². The average Bonchev–Trinajstić information content (AvgIpc) is 2.72. The van der Waals surface area contributed by atoms with Gasteiger partial charge in [-0.05, 0) is 43.7 Å². The zero-order valence-corrected chi connectivity index (χ0v) is 16.7. The number of aromatic nitrogens is 4. The number of pyridine rings is 2. The standard InChI is InChI=1S/C23H20N4O3/c1-15-8-9-18(16(2)12-15)20(28)14-26-11-5-7-19-21(26)25-23(30)27(22(19)29)13-17-6-3-4-10-24-17/h3-12H,13-14H2,1-2H3. The summed E-state index contributed by atoms with van der Waals surface area (Å²) in [5.74, 6) is 0.0831. The largest absolute Gasteiger partial charge is 0.352 e. The number of hydrogen-bond acceptors (Lipinski definition) is 5. The van der Waals surface area contributed by atoms with Gasteiger partial charge in [0.1, 0.15) is 0 Å². The lowest BCUT2D eigenvalue weighted by Gasteiger charge is -2.15. The molecular weight excluding hydrogens is 380 g/mol. The van der Waals surface area contributed by atoms with Crippen molar-refractivity contribution in [2.75, 3.05) is 0 Å². The van der Waals surface area contributed by atoms with E-state index in [2.05, 4.69) is 9.97 Å². The fourth-order valence-corrected chi connectivity index (χ4v) is 3.50. The Hall–Kier alpha value is -3.87. The molecule has 0 spiro atoms. The Morgan fingerprint density at radius 1 is 1.03 bits per heavy atom. The van der Waals surface area contributed by atoms with Gasteiger partial charge in [0.05, 0.1) is 24.3 Å². The molecule has 2 aliphatic heterocycles. The maximum atomic E-state index is 13.0. The predicted molar refractivity (Wildman–Crippen MR) is 113 cm³/mol. The fourth-order valence-electron chi connectivity index (χ4n) is 3.50. The second kappa shape index (κ2) is 7.87. The van der Waals surface area contributed by atoms with Crippen LogP contribution in [0.25, 0.3) is 11.4 Å². The first-order valence-corrected chi connectivity index (χ1v) is 9.54. The molecule has 7 heteroatoms. The molecule has 0 radical (unpaired) electrons. The monoisotopic (exact) mass is 400 g/mol. The highest BCUT2D eigenvalue weighted by Crippen LogP contribution is 2.16. The molecule has 0 amide bonds. The summed E-state index contributed by atoms with van der Waals surface area (Å²) in [5.41, 5.74) is 2.31. The number of Topliss-reactive ketones (excluding diaryl/α,β-unsaturated/α-hetero) is 1. The smallest absolute Gasteiger partial charge is 0.324 e. The van der Waals surface area contributed by atoms with Gasteiger partial charge in [-0.25, -0.2) is 4.79 Å². The number of hydrogen-bond donors (Lipinski definition) is 0. The number of rotatable bonds is 5. The molecule has 3 heterocycles. The van der Waals surface area contributed by atoms with Gasteiger partial charge in [0, 0.05) is 18.0 Å². The molecule has 0 N–H and O–H groups in total. The summed E-state index contributed by atoms with van der Waals surface area (Å²) in [5, 5.41) is 0. The lowest BCUT2D eigenvalue weighted by atomic mass is 10.0. The van der Waals surface area contributed by atoms with E-state index >= 15 is 0 Å². The summed E-state index contributed by atoms with van der Waals surface area (Å²) in [6.07, 6.45) is 3.25. The van der Waals surface area contributed by atoms with E-state index in [0.717, 1.165) is 15.7 Å². The molecule has 0 saturated carbocycles. The molecule has 0 fully saturated rings. The summed E-state index contributed by atoms with van der Waals surface area (Å²) >= 11 is 0. The molecule has 7 nitrogen and oxygen atoms in total. The van der Waals surface area contributed by atoms with Gasteiger partial charge in [-0.2, -0.15) is 4.98 Å². The molecule has 0 unspecified atom stereocenters. The topological polar surface area (TPSA) is 86.9 Å². The van der Waals surface area contributed by atoms with Crippen molar-refractivity contribution in [2.45, 2.75) is 26.9 Å². The van der Waals surface area contributed by atoms with Gasteiger partial charge in [-0.15, -0.1) is 0 Å². The Balaban J connectivity index is 1.73. The number of benzene rings is 1. The molecule has 4 rings (SSSR count). The predicted octanol–water partition coefficient (Wildman–Crippen LogP) is 2.45. The highest BCUT2D eigenvalue weighted by molar-refractivity contribution is 5.97. The number of carbonyl (C=O) groups excluding carboxylic acids is 1.